The van der Waals surface area contributed by atoms with E-state index < -0.39 is 0 Å². The fourth-order valence-corrected chi connectivity index (χ4v) is 5.42. The SMILES string of the molecule is CC.CC.CC1(C)c2ccccc2-c2ccccc21.COc1ccccc1.Cc1ccc(C(=O)c2cccc(Oc3ccccc3)c2)cc1. The summed E-state index contributed by atoms with van der Waals surface area (Å²) in [6, 6.07) is 51.5. The molecule has 0 amide bonds. The first-order valence-corrected chi connectivity index (χ1v) is 17.1. The van der Waals surface area contributed by atoms with Gasteiger partial charge in [-0.2, -0.15) is 0 Å². The van der Waals surface area contributed by atoms with E-state index in [0.29, 0.717) is 16.9 Å². The summed E-state index contributed by atoms with van der Waals surface area (Å²) >= 11 is 0. The quantitative estimate of drug-likeness (QED) is 0.174. The minimum Gasteiger partial charge on any atom is -0.497 e. The molecule has 0 atom stereocenters. The van der Waals surface area contributed by atoms with Crippen molar-refractivity contribution < 1.29 is 14.3 Å². The molecule has 0 aromatic heterocycles. The number of fused-ring (bicyclic) bond motifs is 3. The van der Waals surface area contributed by atoms with Gasteiger partial charge in [0.15, 0.2) is 5.78 Å². The Hall–Kier alpha value is -5.41. The summed E-state index contributed by atoms with van der Waals surface area (Å²) in [5, 5.41) is 0. The highest BCUT2D eigenvalue weighted by molar-refractivity contribution is 6.09. The van der Waals surface area contributed by atoms with Gasteiger partial charge in [0.25, 0.3) is 0 Å². The van der Waals surface area contributed by atoms with Crippen LogP contribution in [0.15, 0.2) is 158 Å². The standard InChI is InChI=1S/C20H16O2.C15H14.C7H8O.2C2H6/c1-15-10-12-16(13-11-15)20(21)17-6-5-9-19(14-17)22-18-7-3-2-4-8-18;1-15(2)13-9-5-3-7-11(13)12-8-4-6-10-14(12)15;1-8-7-5-3-2-4-6-7;2*1-2/h2-14H,1H3;3-10H,1-2H3;2-6H,1H3;2*1-2H3. The van der Waals surface area contributed by atoms with E-state index in [-0.39, 0.29) is 11.2 Å². The number of para-hydroxylation sites is 2. The minimum absolute atomic E-state index is 0.00138. The van der Waals surface area contributed by atoms with Crippen molar-refractivity contribution in [2.75, 3.05) is 7.11 Å². The third kappa shape index (κ3) is 10.3. The van der Waals surface area contributed by atoms with Crippen LogP contribution >= 0.6 is 0 Å². The molecule has 0 N–H and O–H groups in total. The lowest BCUT2D eigenvalue weighted by molar-refractivity contribution is 0.103. The van der Waals surface area contributed by atoms with Crippen LogP contribution in [-0.2, 0) is 5.41 Å². The first-order chi connectivity index (χ1) is 23.9. The fourth-order valence-electron chi connectivity index (χ4n) is 5.42. The summed E-state index contributed by atoms with van der Waals surface area (Å²) in [6.45, 7) is 14.6. The van der Waals surface area contributed by atoms with Crippen LogP contribution in [0.25, 0.3) is 11.1 Å². The Morgan fingerprint density at radius 3 is 1.43 bits per heavy atom. The molecule has 7 rings (SSSR count). The van der Waals surface area contributed by atoms with Crippen LogP contribution in [0.5, 0.6) is 17.2 Å². The van der Waals surface area contributed by atoms with E-state index in [9.17, 15) is 4.79 Å². The van der Waals surface area contributed by atoms with Gasteiger partial charge in [-0.1, -0.05) is 168 Å². The molecule has 0 unspecified atom stereocenters. The summed E-state index contributed by atoms with van der Waals surface area (Å²) in [6.07, 6.45) is 0. The third-order valence-electron chi connectivity index (χ3n) is 7.86. The monoisotopic (exact) mass is 650 g/mol. The molecule has 0 radical (unpaired) electrons. The van der Waals surface area contributed by atoms with Gasteiger partial charge >= 0.3 is 0 Å². The lowest BCUT2D eigenvalue weighted by Gasteiger charge is -2.20. The zero-order valence-corrected chi connectivity index (χ0v) is 30.2. The predicted octanol–water partition coefficient (Wildman–Crippen LogP) is 12.8. The molecule has 6 aromatic carbocycles. The van der Waals surface area contributed by atoms with Crippen LogP contribution in [0.1, 0.15) is 74.2 Å². The Bertz CT molecular complexity index is 1790. The molecule has 0 saturated heterocycles. The summed E-state index contributed by atoms with van der Waals surface area (Å²) in [5.41, 5.74) is 8.30. The van der Waals surface area contributed by atoms with Gasteiger partial charge in [-0.15, -0.1) is 0 Å². The van der Waals surface area contributed by atoms with Gasteiger partial charge in [0.05, 0.1) is 7.11 Å². The van der Waals surface area contributed by atoms with E-state index >= 15 is 0 Å². The van der Waals surface area contributed by atoms with E-state index in [1.165, 1.54) is 22.3 Å². The van der Waals surface area contributed by atoms with Crippen LogP contribution in [0.2, 0.25) is 0 Å². The molecular weight excluding hydrogens is 601 g/mol. The first-order valence-electron chi connectivity index (χ1n) is 17.1. The lowest BCUT2D eigenvalue weighted by atomic mass is 9.82. The van der Waals surface area contributed by atoms with Crippen molar-refractivity contribution in [3.05, 3.63) is 186 Å². The number of ketones is 1. The molecule has 3 heteroatoms. The van der Waals surface area contributed by atoms with Crippen molar-refractivity contribution in [2.24, 2.45) is 0 Å². The van der Waals surface area contributed by atoms with E-state index in [4.69, 9.17) is 9.47 Å². The zero-order valence-electron chi connectivity index (χ0n) is 30.2. The van der Waals surface area contributed by atoms with Crippen LogP contribution in [0.4, 0.5) is 0 Å². The second kappa shape index (κ2) is 19.4. The number of carbonyl (C=O) groups excluding carboxylic acids is 1. The number of benzene rings is 6. The van der Waals surface area contributed by atoms with E-state index in [1.807, 2.05) is 132 Å². The van der Waals surface area contributed by atoms with E-state index in [1.54, 1.807) is 19.2 Å². The highest BCUT2D eigenvalue weighted by Gasteiger charge is 2.34. The second-order valence-electron chi connectivity index (χ2n) is 11.4. The lowest BCUT2D eigenvalue weighted by Crippen LogP contribution is -2.14. The van der Waals surface area contributed by atoms with Crippen molar-refractivity contribution in [3.8, 4) is 28.4 Å². The topological polar surface area (TPSA) is 35.5 Å². The molecule has 1 aliphatic rings. The minimum atomic E-state index is -0.00138. The van der Waals surface area contributed by atoms with Gasteiger partial charge < -0.3 is 9.47 Å². The average Bonchev–Trinajstić information content (AvgIpc) is 3.41. The zero-order chi connectivity index (χ0) is 35.6. The maximum absolute atomic E-state index is 12.5. The van der Waals surface area contributed by atoms with Gasteiger partial charge in [-0.25, -0.2) is 0 Å². The highest BCUT2D eigenvalue weighted by Crippen LogP contribution is 2.48. The normalized spacial score (nSPS) is 11.1. The Morgan fingerprint density at radius 1 is 0.490 bits per heavy atom. The van der Waals surface area contributed by atoms with Crippen molar-refractivity contribution >= 4 is 5.78 Å². The Labute approximate surface area is 294 Å². The van der Waals surface area contributed by atoms with Crippen LogP contribution in [0, 0.1) is 6.92 Å². The van der Waals surface area contributed by atoms with E-state index in [0.717, 1.165) is 17.1 Å². The maximum atomic E-state index is 12.5. The van der Waals surface area contributed by atoms with Crippen LogP contribution < -0.4 is 9.47 Å². The summed E-state index contributed by atoms with van der Waals surface area (Å²) in [5.74, 6) is 2.32. The van der Waals surface area contributed by atoms with Crippen molar-refractivity contribution in [1.29, 1.82) is 0 Å². The molecule has 1 aliphatic carbocycles. The van der Waals surface area contributed by atoms with Crippen molar-refractivity contribution in [2.45, 2.75) is 53.9 Å². The molecule has 0 bridgehead atoms. The van der Waals surface area contributed by atoms with Crippen LogP contribution in [-0.4, -0.2) is 12.9 Å². The molecule has 0 heterocycles. The predicted molar refractivity (Wildman–Crippen MR) is 207 cm³/mol. The number of hydrogen-bond acceptors (Lipinski definition) is 3. The number of hydrogen-bond donors (Lipinski definition) is 0. The summed E-state index contributed by atoms with van der Waals surface area (Å²) in [4.78, 5) is 12.5. The van der Waals surface area contributed by atoms with Gasteiger partial charge in [-0.3, -0.25) is 4.79 Å². The number of methoxy groups -OCH3 is 1. The number of aryl methyl sites for hydroxylation is 1. The molecule has 0 saturated carbocycles. The molecule has 0 fully saturated rings. The summed E-state index contributed by atoms with van der Waals surface area (Å²) < 4.78 is 10.7. The smallest absolute Gasteiger partial charge is 0.193 e. The van der Waals surface area contributed by atoms with Gasteiger partial charge in [0.2, 0.25) is 0 Å². The first kappa shape index (κ1) is 38.0. The fraction of sp³-hybridized carbons (Fsp3) is 0.196. The Balaban J connectivity index is 0.000000207. The molecule has 3 nitrogen and oxygen atoms in total. The van der Waals surface area contributed by atoms with Gasteiger partial charge in [0.1, 0.15) is 17.2 Å². The third-order valence-corrected chi connectivity index (χ3v) is 7.86. The molecule has 0 aliphatic heterocycles. The van der Waals surface area contributed by atoms with Crippen molar-refractivity contribution in [1.82, 2.24) is 0 Å². The number of ether oxygens (including phenoxy) is 2. The molecule has 49 heavy (non-hydrogen) atoms. The highest BCUT2D eigenvalue weighted by atomic mass is 16.5. The molecule has 252 valence electrons. The van der Waals surface area contributed by atoms with Crippen molar-refractivity contribution in [3.63, 3.8) is 0 Å². The van der Waals surface area contributed by atoms with Crippen LogP contribution in [0.3, 0.4) is 0 Å². The molecule has 0 spiro atoms. The second-order valence-corrected chi connectivity index (χ2v) is 11.4. The summed E-state index contributed by atoms with van der Waals surface area (Å²) in [7, 11) is 1.66. The van der Waals surface area contributed by atoms with Gasteiger partial charge in [0, 0.05) is 16.5 Å². The van der Waals surface area contributed by atoms with E-state index in [2.05, 4.69) is 62.4 Å². The maximum Gasteiger partial charge on any atom is 0.193 e. The molecular formula is C46H50O3. The number of rotatable bonds is 5. The molecule has 6 aromatic rings. The average molecular weight is 651 g/mol. The Kier molecular flexibility index (Phi) is 15.1. The van der Waals surface area contributed by atoms with Gasteiger partial charge in [-0.05, 0) is 65.6 Å². The largest absolute Gasteiger partial charge is 0.497 e. The number of carbonyl (C=O) groups is 1. The Morgan fingerprint density at radius 2 is 0.939 bits per heavy atom.